The molecule has 0 saturated heterocycles. The molecule has 37 heavy (non-hydrogen) atoms. The second-order valence-corrected chi connectivity index (χ2v) is 8.90. The molecule has 7 nitrogen and oxygen atoms in total. The van der Waals surface area contributed by atoms with Crippen LogP contribution >= 0.6 is 0 Å². The van der Waals surface area contributed by atoms with E-state index in [0.29, 0.717) is 41.1 Å². The van der Waals surface area contributed by atoms with Crippen molar-refractivity contribution >= 4 is 12.0 Å². The van der Waals surface area contributed by atoms with Gasteiger partial charge < -0.3 is 24.7 Å². The number of esters is 1. The van der Waals surface area contributed by atoms with Gasteiger partial charge in [0.1, 0.15) is 23.1 Å². The van der Waals surface area contributed by atoms with Crippen molar-refractivity contribution in [2.45, 2.75) is 19.8 Å². The predicted octanol–water partition coefficient (Wildman–Crippen LogP) is 5.57. The summed E-state index contributed by atoms with van der Waals surface area (Å²) < 4.78 is 22.7. The minimum Gasteiger partial charge on any atom is -0.493 e. The third kappa shape index (κ3) is 5.93. The number of carbonyl (C=O) groups is 1. The number of ether oxygens (including phenoxy) is 4. The highest BCUT2D eigenvalue weighted by Crippen LogP contribution is 2.45. The monoisotopic (exact) mass is 496 g/mol. The van der Waals surface area contributed by atoms with Crippen LogP contribution in [0.3, 0.4) is 0 Å². The molecular formula is C30H28N2O5. The van der Waals surface area contributed by atoms with E-state index in [4.69, 9.17) is 24.7 Å². The van der Waals surface area contributed by atoms with Gasteiger partial charge in [-0.1, -0.05) is 56.3 Å². The number of hydrogen-bond donors (Lipinski definition) is 1. The van der Waals surface area contributed by atoms with E-state index in [1.54, 1.807) is 31.4 Å². The molecule has 0 bridgehead atoms. The third-order valence-electron chi connectivity index (χ3n) is 5.71. The van der Waals surface area contributed by atoms with Gasteiger partial charge in [0.25, 0.3) is 0 Å². The smallest absolute Gasteiger partial charge is 0.336 e. The van der Waals surface area contributed by atoms with Gasteiger partial charge in [0, 0.05) is 17.7 Å². The third-order valence-corrected chi connectivity index (χ3v) is 5.71. The highest BCUT2D eigenvalue weighted by molar-refractivity contribution is 5.88. The molecule has 0 fully saturated rings. The number of fused-ring (bicyclic) bond motifs is 1. The first-order chi connectivity index (χ1) is 17.9. The molecule has 7 heteroatoms. The second kappa shape index (κ2) is 11.4. The van der Waals surface area contributed by atoms with E-state index in [-0.39, 0.29) is 11.5 Å². The topological polar surface area (TPSA) is 104 Å². The van der Waals surface area contributed by atoms with Crippen LogP contribution in [0.5, 0.6) is 23.0 Å². The number of nitrogens with zero attached hydrogens (tertiary/aromatic N) is 1. The number of methoxy groups -OCH3 is 1. The zero-order valence-electron chi connectivity index (χ0n) is 20.9. The average molecular weight is 497 g/mol. The molecule has 0 radical (unpaired) electrons. The van der Waals surface area contributed by atoms with Crippen molar-refractivity contribution in [2.75, 3.05) is 13.7 Å². The van der Waals surface area contributed by atoms with Gasteiger partial charge in [-0.2, -0.15) is 5.26 Å². The van der Waals surface area contributed by atoms with E-state index >= 15 is 0 Å². The first-order valence-corrected chi connectivity index (χ1v) is 11.9. The number of benzene rings is 3. The van der Waals surface area contributed by atoms with Crippen molar-refractivity contribution in [1.29, 1.82) is 5.26 Å². The Bertz CT molecular complexity index is 1390. The summed E-state index contributed by atoms with van der Waals surface area (Å²) in [4.78, 5) is 12.3. The summed E-state index contributed by atoms with van der Waals surface area (Å²) in [6.45, 7) is 4.68. The summed E-state index contributed by atoms with van der Waals surface area (Å²) in [6, 6.07) is 22.2. The molecule has 0 amide bonds. The van der Waals surface area contributed by atoms with E-state index in [1.807, 2.05) is 48.5 Å². The number of carbonyl (C=O) groups excluding carboxylic acids is 1. The van der Waals surface area contributed by atoms with E-state index in [2.05, 4.69) is 19.9 Å². The van der Waals surface area contributed by atoms with Crippen LogP contribution in [-0.2, 0) is 4.79 Å². The molecule has 1 unspecified atom stereocenters. The highest BCUT2D eigenvalue weighted by atomic mass is 16.5. The molecule has 0 saturated carbocycles. The number of hydrogen-bond acceptors (Lipinski definition) is 7. The van der Waals surface area contributed by atoms with Crippen molar-refractivity contribution in [3.63, 3.8) is 0 Å². The van der Waals surface area contributed by atoms with Crippen LogP contribution in [0.4, 0.5) is 0 Å². The first kappa shape index (κ1) is 25.4. The quantitative estimate of drug-likeness (QED) is 0.247. The SMILES string of the molecule is COc1cc(C2C(C#N)=C(N)Oc3cc(OC(=O)/C=C/c4ccccc4)ccc32)ccc1OCC(C)C. The minimum absolute atomic E-state index is 0.00782. The lowest BCUT2D eigenvalue weighted by molar-refractivity contribution is -0.128. The fraction of sp³-hybridized carbons (Fsp3) is 0.200. The summed E-state index contributed by atoms with van der Waals surface area (Å²) in [5, 5.41) is 9.87. The Morgan fingerprint density at radius 3 is 2.59 bits per heavy atom. The fourth-order valence-electron chi connectivity index (χ4n) is 3.96. The van der Waals surface area contributed by atoms with Gasteiger partial charge >= 0.3 is 5.97 Å². The molecule has 1 aliphatic rings. The number of rotatable bonds is 8. The van der Waals surface area contributed by atoms with E-state index < -0.39 is 11.9 Å². The lowest BCUT2D eigenvalue weighted by Gasteiger charge is -2.27. The summed E-state index contributed by atoms with van der Waals surface area (Å²) in [5.41, 5.74) is 8.80. The van der Waals surface area contributed by atoms with Crippen LogP contribution in [0, 0.1) is 17.2 Å². The highest BCUT2D eigenvalue weighted by Gasteiger charge is 2.31. The van der Waals surface area contributed by atoms with Crippen molar-refractivity contribution in [2.24, 2.45) is 11.7 Å². The number of nitriles is 1. The number of allylic oxidation sites excluding steroid dienone is 1. The van der Waals surface area contributed by atoms with E-state index in [1.165, 1.54) is 6.08 Å². The van der Waals surface area contributed by atoms with Gasteiger partial charge in [-0.3, -0.25) is 0 Å². The zero-order chi connectivity index (χ0) is 26.4. The fourth-order valence-corrected chi connectivity index (χ4v) is 3.96. The predicted molar refractivity (Wildman–Crippen MR) is 140 cm³/mol. The van der Waals surface area contributed by atoms with Gasteiger partial charge in [-0.25, -0.2) is 4.79 Å². The molecule has 0 aromatic heterocycles. The largest absolute Gasteiger partial charge is 0.493 e. The Balaban J connectivity index is 1.62. The minimum atomic E-state index is -0.529. The van der Waals surface area contributed by atoms with Gasteiger partial charge in [-0.15, -0.1) is 0 Å². The van der Waals surface area contributed by atoms with Gasteiger partial charge in [0.15, 0.2) is 11.5 Å². The first-order valence-electron chi connectivity index (χ1n) is 11.9. The Morgan fingerprint density at radius 2 is 1.89 bits per heavy atom. The van der Waals surface area contributed by atoms with Crippen LogP contribution in [0.15, 0.2) is 84.3 Å². The Hall–Kier alpha value is -4.70. The Morgan fingerprint density at radius 1 is 1.11 bits per heavy atom. The molecule has 3 aromatic rings. The molecule has 0 spiro atoms. The molecule has 0 aliphatic carbocycles. The second-order valence-electron chi connectivity index (χ2n) is 8.90. The zero-order valence-corrected chi connectivity index (χ0v) is 20.9. The standard InChI is InChI=1S/C30H28N2O5/c1-19(2)18-35-25-13-10-21(15-27(25)34-3)29-23-12-11-22(16-26(23)37-30(32)24(29)17-31)36-28(33)14-9-20-7-5-4-6-8-20/h4-16,19,29H,18,32H2,1-3H3/b14-9+. The average Bonchev–Trinajstić information content (AvgIpc) is 2.90. The van der Waals surface area contributed by atoms with Gasteiger partial charge in [0.2, 0.25) is 5.88 Å². The van der Waals surface area contributed by atoms with Gasteiger partial charge in [-0.05, 0) is 41.3 Å². The van der Waals surface area contributed by atoms with Crippen LogP contribution in [0.25, 0.3) is 6.08 Å². The summed E-state index contributed by atoms with van der Waals surface area (Å²) in [5.74, 6) is 1.19. The Labute approximate surface area is 216 Å². The summed E-state index contributed by atoms with van der Waals surface area (Å²) in [6.07, 6.45) is 3.03. The van der Waals surface area contributed by atoms with Crippen molar-refractivity contribution in [1.82, 2.24) is 0 Å². The maximum atomic E-state index is 12.3. The number of nitrogens with two attached hydrogens (primary N) is 1. The molecule has 3 aromatic carbocycles. The van der Waals surface area contributed by atoms with Crippen LogP contribution in [-0.4, -0.2) is 19.7 Å². The molecule has 1 aliphatic heterocycles. The van der Waals surface area contributed by atoms with Crippen LogP contribution < -0.4 is 24.7 Å². The van der Waals surface area contributed by atoms with E-state index in [0.717, 1.165) is 11.1 Å². The van der Waals surface area contributed by atoms with Crippen molar-refractivity contribution < 1.29 is 23.7 Å². The Kier molecular flexibility index (Phi) is 7.80. The molecule has 188 valence electrons. The molecule has 1 atom stereocenters. The van der Waals surface area contributed by atoms with Crippen molar-refractivity contribution in [3.05, 3.63) is 101 Å². The van der Waals surface area contributed by atoms with Gasteiger partial charge in [0.05, 0.1) is 19.6 Å². The molecule has 1 heterocycles. The normalized spacial score (nSPS) is 14.6. The summed E-state index contributed by atoms with van der Waals surface area (Å²) in [7, 11) is 1.57. The lowest BCUT2D eigenvalue weighted by atomic mass is 9.83. The van der Waals surface area contributed by atoms with E-state index in [9.17, 15) is 10.1 Å². The van der Waals surface area contributed by atoms with Crippen LogP contribution in [0.1, 0.15) is 36.5 Å². The molecule has 2 N–H and O–H groups in total. The van der Waals surface area contributed by atoms with Crippen molar-refractivity contribution in [3.8, 4) is 29.1 Å². The molecular weight excluding hydrogens is 468 g/mol. The maximum absolute atomic E-state index is 12.3. The summed E-state index contributed by atoms with van der Waals surface area (Å²) >= 11 is 0. The maximum Gasteiger partial charge on any atom is 0.336 e. The molecule has 4 rings (SSSR count). The van der Waals surface area contributed by atoms with Crippen LogP contribution in [0.2, 0.25) is 0 Å². The lowest BCUT2D eigenvalue weighted by Crippen LogP contribution is -2.21.